The maximum absolute atomic E-state index is 13.2. The minimum absolute atomic E-state index is 0.178. The number of thioether (sulfide) groups is 1. The van der Waals surface area contributed by atoms with Gasteiger partial charge in [-0.1, -0.05) is 35.3 Å². The molecule has 1 aliphatic heterocycles. The van der Waals surface area contributed by atoms with Gasteiger partial charge in [0.1, 0.15) is 18.9 Å². The van der Waals surface area contributed by atoms with E-state index in [-0.39, 0.29) is 11.5 Å². The van der Waals surface area contributed by atoms with Crippen LogP contribution in [0.2, 0.25) is 10.0 Å². The summed E-state index contributed by atoms with van der Waals surface area (Å²) in [6, 6.07) is 15.6. The topological polar surface area (TPSA) is 94.2 Å². The first kappa shape index (κ1) is 32.0. The molecule has 0 radical (unpaired) electrons. The van der Waals surface area contributed by atoms with Gasteiger partial charge in [0.05, 0.1) is 18.1 Å². The average Bonchev–Trinajstić information content (AvgIpc) is 3.22. The number of allylic oxidation sites excluding steroid dienone is 1. The Morgan fingerprint density at radius 2 is 1.72 bits per heavy atom. The van der Waals surface area contributed by atoms with Crippen molar-refractivity contribution < 1.29 is 28.6 Å². The van der Waals surface area contributed by atoms with Crippen LogP contribution in [0.5, 0.6) is 17.2 Å². The fourth-order valence-electron chi connectivity index (χ4n) is 4.22. The molecule has 1 aliphatic rings. The van der Waals surface area contributed by atoms with E-state index in [4.69, 9.17) is 37.4 Å². The highest BCUT2D eigenvalue weighted by Gasteiger charge is 2.36. The standard InChI is InChI=1S/C32H30Cl2N2O6S/c1-4-7-21-14-20(15-27(41-6-3)30(21)42-19-22-8-9-23(33)17-26(22)34)16-28-31(38)36(32(39)43-28)18-29(37)35-24-10-12-25(13-11-24)40-5-2/h4,8-17H,1,5-7,18-19H2,2-3H3,(H,35,37)/b28-16+. The van der Waals surface area contributed by atoms with Crippen LogP contribution >= 0.6 is 35.0 Å². The summed E-state index contributed by atoms with van der Waals surface area (Å²) >= 11 is 13.1. The molecule has 11 heteroatoms. The molecule has 3 aromatic carbocycles. The van der Waals surface area contributed by atoms with E-state index in [1.807, 2.05) is 19.9 Å². The molecule has 1 heterocycles. The van der Waals surface area contributed by atoms with Crippen molar-refractivity contribution in [3.8, 4) is 17.2 Å². The van der Waals surface area contributed by atoms with Gasteiger partial charge in [0.25, 0.3) is 11.1 Å². The molecule has 0 aromatic heterocycles. The molecular formula is C32H30Cl2N2O6S. The molecule has 0 saturated carbocycles. The zero-order valence-electron chi connectivity index (χ0n) is 23.7. The normalized spacial score (nSPS) is 13.8. The zero-order valence-corrected chi connectivity index (χ0v) is 26.0. The summed E-state index contributed by atoms with van der Waals surface area (Å²) in [7, 11) is 0. The summed E-state index contributed by atoms with van der Waals surface area (Å²) < 4.78 is 17.5. The van der Waals surface area contributed by atoms with E-state index < -0.39 is 23.6 Å². The van der Waals surface area contributed by atoms with Gasteiger partial charge < -0.3 is 19.5 Å². The number of benzene rings is 3. The van der Waals surface area contributed by atoms with Crippen molar-refractivity contribution in [2.24, 2.45) is 0 Å². The molecule has 1 fully saturated rings. The van der Waals surface area contributed by atoms with Crippen LogP contribution < -0.4 is 19.5 Å². The van der Waals surface area contributed by atoms with Crippen molar-refractivity contribution in [1.29, 1.82) is 0 Å². The summed E-state index contributed by atoms with van der Waals surface area (Å²) in [5, 5.41) is 3.17. The number of nitrogens with zero attached hydrogens (tertiary/aromatic N) is 1. The maximum Gasteiger partial charge on any atom is 0.294 e. The Hall–Kier alpha value is -3.92. The van der Waals surface area contributed by atoms with Gasteiger partial charge in [-0.15, -0.1) is 6.58 Å². The second kappa shape index (κ2) is 15.0. The Morgan fingerprint density at radius 1 is 0.977 bits per heavy atom. The predicted molar refractivity (Wildman–Crippen MR) is 171 cm³/mol. The summed E-state index contributed by atoms with van der Waals surface area (Å²) in [5.74, 6) is 0.599. The molecule has 224 valence electrons. The predicted octanol–water partition coefficient (Wildman–Crippen LogP) is 7.77. The lowest BCUT2D eigenvalue weighted by atomic mass is 10.0. The molecule has 0 aliphatic carbocycles. The van der Waals surface area contributed by atoms with Crippen LogP contribution in [0.25, 0.3) is 6.08 Å². The highest BCUT2D eigenvalue weighted by Crippen LogP contribution is 2.38. The zero-order chi connectivity index (χ0) is 30.9. The molecule has 0 bridgehead atoms. The molecule has 3 amide bonds. The SMILES string of the molecule is C=CCc1cc(/C=C2/SC(=O)N(CC(=O)Nc3ccc(OCC)cc3)C2=O)cc(OCC)c1OCc1ccc(Cl)cc1Cl. The number of nitrogens with one attached hydrogen (secondary N) is 1. The van der Waals surface area contributed by atoms with Crippen LogP contribution in [0.15, 0.2) is 72.2 Å². The second-order valence-corrected chi connectivity index (χ2v) is 11.1. The highest BCUT2D eigenvalue weighted by molar-refractivity contribution is 8.18. The molecule has 0 unspecified atom stereocenters. The number of hydrogen-bond acceptors (Lipinski definition) is 7. The van der Waals surface area contributed by atoms with E-state index in [0.717, 1.165) is 27.8 Å². The molecule has 3 aromatic rings. The van der Waals surface area contributed by atoms with Crippen molar-refractivity contribution in [3.63, 3.8) is 0 Å². The number of anilines is 1. The van der Waals surface area contributed by atoms with Gasteiger partial charge in [-0.3, -0.25) is 19.3 Å². The Balaban J connectivity index is 1.52. The summed E-state index contributed by atoms with van der Waals surface area (Å²) in [6.07, 6.45) is 3.79. The van der Waals surface area contributed by atoms with Crippen LogP contribution in [-0.4, -0.2) is 41.7 Å². The Labute approximate surface area is 264 Å². The number of ether oxygens (including phenoxy) is 3. The van der Waals surface area contributed by atoms with Crippen LogP contribution in [0, 0.1) is 0 Å². The number of hydrogen-bond donors (Lipinski definition) is 1. The Morgan fingerprint density at radius 3 is 2.40 bits per heavy atom. The number of carbonyl (C=O) groups is 3. The van der Waals surface area contributed by atoms with Gasteiger partial charge in [0.15, 0.2) is 11.5 Å². The van der Waals surface area contributed by atoms with Crippen molar-refractivity contribution in [2.75, 3.05) is 25.1 Å². The lowest BCUT2D eigenvalue weighted by Gasteiger charge is -2.17. The van der Waals surface area contributed by atoms with Gasteiger partial charge in [0.2, 0.25) is 5.91 Å². The first-order chi connectivity index (χ1) is 20.7. The largest absolute Gasteiger partial charge is 0.494 e. The molecule has 0 spiro atoms. The third kappa shape index (κ3) is 8.34. The Kier molecular flexibility index (Phi) is 11.2. The van der Waals surface area contributed by atoms with Gasteiger partial charge in [-0.05, 0) is 92.2 Å². The molecule has 43 heavy (non-hydrogen) atoms. The van der Waals surface area contributed by atoms with E-state index in [0.29, 0.717) is 58.2 Å². The number of imide groups is 1. The van der Waals surface area contributed by atoms with Crippen LogP contribution in [-0.2, 0) is 22.6 Å². The molecular weight excluding hydrogens is 611 g/mol. The molecule has 1 saturated heterocycles. The lowest BCUT2D eigenvalue weighted by Crippen LogP contribution is -2.36. The average molecular weight is 642 g/mol. The van der Waals surface area contributed by atoms with Crippen molar-refractivity contribution in [3.05, 3.63) is 98.9 Å². The highest BCUT2D eigenvalue weighted by atomic mass is 35.5. The summed E-state index contributed by atoms with van der Waals surface area (Å²) in [4.78, 5) is 39.6. The summed E-state index contributed by atoms with van der Waals surface area (Å²) in [6.45, 7) is 8.24. The number of halogens is 2. The minimum atomic E-state index is -0.558. The van der Waals surface area contributed by atoms with Crippen molar-refractivity contribution in [2.45, 2.75) is 26.9 Å². The van der Waals surface area contributed by atoms with Crippen molar-refractivity contribution >= 4 is 63.8 Å². The first-order valence-corrected chi connectivity index (χ1v) is 15.0. The van der Waals surface area contributed by atoms with Crippen LogP contribution in [0.1, 0.15) is 30.5 Å². The van der Waals surface area contributed by atoms with Gasteiger partial charge in [0, 0.05) is 26.9 Å². The quantitative estimate of drug-likeness (QED) is 0.151. The van der Waals surface area contributed by atoms with Gasteiger partial charge in [-0.25, -0.2) is 0 Å². The van der Waals surface area contributed by atoms with Crippen molar-refractivity contribution in [1.82, 2.24) is 4.90 Å². The van der Waals surface area contributed by atoms with E-state index in [1.54, 1.807) is 60.7 Å². The minimum Gasteiger partial charge on any atom is -0.494 e. The van der Waals surface area contributed by atoms with E-state index in [2.05, 4.69) is 11.9 Å². The Bertz CT molecular complexity index is 1560. The molecule has 4 rings (SSSR count). The smallest absolute Gasteiger partial charge is 0.294 e. The number of carbonyl (C=O) groups excluding carboxylic acids is 3. The van der Waals surface area contributed by atoms with Gasteiger partial charge >= 0.3 is 0 Å². The molecule has 0 atom stereocenters. The lowest BCUT2D eigenvalue weighted by molar-refractivity contribution is -0.127. The monoisotopic (exact) mass is 640 g/mol. The van der Waals surface area contributed by atoms with Crippen LogP contribution in [0.3, 0.4) is 0 Å². The summed E-state index contributed by atoms with van der Waals surface area (Å²) in [5.41, 5.74) is 2.67. The van der Waals surface area contributed by atoms with E-state index >= 15 is 0 Å². The number of rotatable bonds is 13. The fourth-order valence-corrected chi connectivity index (χ4v) is 5.52. The molecule has 8 nitrogen and oxygen atoms in total. The second-order valence-electron chi connectivity index (χ2n) is 9.23. The third-order valence-electron chi connectivity index (χ3n) is 6.13. The molecule has 1 N–H and O–H groups in total. The van der Waals surface area contributed by atoms with E-state index in [1.165, 1.54) is 0 Å². The first-order valence-electron chi connectivity index (χ1n) is 13.5. The third-order valence-corrected chi connectivity index (χ3v) is 7.62. The fraction of sp³-hybridized carbons (Fsp3) is 0.219. The maximum atomic E-state index is 13.2. The van der Waals surface area contributed by atoms with Gasteiger partial charge in [-0.2, -0.15) is 0 Å². The number of amides is 3. The van der Waals surface area contributed by atoms with E-state index in [9.17, 15) is 14.4 Å². The van der Waals surface area contributed by atoms with Crippen LogP contribution in [0.4, 0.5) is 10.5 Å².